The smallest absolute Gasteiger partial charge is 0.193 e. The van der Waals surface area contributed by atoms with Gasteiger partial charge in [-0.3, -0.25) is 4.40 Å². The summed E-state index contributed by atoms with van der Waals surface area (Å²) in [6.45, 7) is 0. The van der Waals surface area contributed by atoms with Crippen molar-refractivity contribution in [2.45, 2.75) is 36.5 Å². The lowest BCUT2D eigenvalue weighted by Gasteiger charge is -2.28. The summed E-state index contributed by atoms with van der Waals surface area (Å²) < 4.78 is 25.5. The molecule has 0 aliphatic heterocycles. The normalized spacial score (nSPS) is 28.2. The Kier molecular flexibility index (Phi) is 2.95. The van der Waals surface area contributed by atoms with Gasteiger partial charge in [0.2, 0.25) is 0 Å². The first-order valence-corrected chi connectivity index (χ1v) is 9.04. The Morgan fingerprint density at radius 2 is 2.42 bits per heavy atom. The Labute approximate surface area is 115 Å². The lowest BCUT2D eigenvalue weighted by Crippen LogP contribution is -2.44. The molecular formula is C12H16N2O3S2. The summed E-state index contributed by atoms with van der Waals surface area (Å²) in [5.74, 6) is 0. The molecule has 1 aliphatic rings. The predicted octanol–water partition coefficient (Wildman–Crippen LogP) is 1.27. The summed E-state index contributed by atoms with van der Waals surface area (Å²) in [6.07, 6.45) is 7.09. The van der Waals surface area contributed by atoms with E-state index in [-0.39, 0.29) is 0 Å². The summed E-state index contributed by atoms with van der Waals surface area (Å²) in [5.41, 5.74) is -0.414. The number of aliphatic hydroxyl groups is 1. The van der Waals surface area contributed by atoms with E-state index in [2.05, 4.69) is 4.98 Å². The molecule has 0 bridgehead atoms. The standard InChI is InChI=1S/C12H16N2O3S2/c1-19(16,17)10-3-2-4-12(10,15)7-9-8-14-5-6-18-11(14)13-9/h5-6,8,10,15H,2-4,7H2,1H3. The predicted molar refractivity (Wildman–Crippen MR) is 74.2 cm³/mol. The van der Waals surface area contributed by atoms with Crippen LogP contribution in [-0.4, -0.2) is 40.0 Å². The topological polar surface area (TPSA) is 71.7 Å². The summed E-state index contributed by atoms with van der Waals surface area (Å²) in [5, 5.41) is 12.0. The Morgan fingerprint density at radius 1 is 1.63 bits per heavy atom. The lowest BCUT2D eigenvalue weighted by atomic mass is 9.96. The summed E-state index contributed by atoms with van der Waals surface area (Å²) in [4.78, 5) is 5.29. The molecule has 0 radical (unpaired) electrons. The fourth-order valence-electron chi connectivity index (χ4n) is 3.01. The fourth-order valence-corrected chi connectivity index (χ4v) is 5.32. The molecule has 2 aromatic heterocycles. The zero-order valence-electron chi connectivity index (χ0n) is 10.6. The zero-order valence-corrected chi connectivity index (χ0v) is 12.2. The van der Waals surface area contributed by atoms with E-state index in [1.165, 1.54) is 17.6 Å². The van der Waals surface area contributed by atoms with E-state index < -0.39 is 20.7 Å². The maximum atomic E-state index is 11.8. The van der Waals surface area contributed by atoms with E-state index in [1.54, 1.807) is 0 Å². The zero-order chi connectivity index (χ0) is 13.7. The van der Waals surface area contributed by atoms with Crippen LogP contribution in [0.2, 0.25) is 0 Å². The van der Waals surface area contributed by atoms with Crippen LogP contribution in [0.5, 0.6) is 0 Å². The van der Waals surface area contributed by atoms with Crippen LogP contribution < -0.4 is 0 Å². The number of hydrogen-bond donors (Lipinski definition) is 1. The number of nitrogens with zero attached hydrogens (tertiary/aromatic N) is 2. The molecular weight excluding hydrogens is 284 g/mol. The Hall–Kier alpha value is -0.920. The first kappa shape index (κ1) is 13.1. The van der Waals surface area contributed by atoms with Crippen LogP contribution in [0.15, 0.2) is 17.8 Å². The molecule has 2 aromatic rings. The molecule has 0 aromatic carbocycles. The lowest BCUT2D eigenvalue weighted by molar-refractivity contribution is 0.0504. The van der Waals surface area contributed by atoms with Gasteiger partial charge >= 0.3 is 0 Å². The van der Waals surface area contributed by atoms with E-state index >= 15 is 0 Å². The average molecular weight is 300 g/mol. The first-order valence-electron chi connectivity index (χ1n) is 6.21. The highest BCUT2D eigenvalue weighted by Crippen LogP contribution is 2.37. The van der Waals surface area contributed by atoms with E-state index in [0.29, 0.717) is 19.3 Å². The Balaban J connectivity index is 1.90. The van der Waals surface area contributed by atoms with Crippen molar-refractivity contribution >= 4 is 26.1 Å². The van der Waals surface area contributed by atoms with Gasteiger partial charge in [0.15, 0.2) is 14.8 Å². The third-order valence-corrected chi connectivity index (χ3v) is 6.30. The number of aromatic nitrogens is 2. The third kappa shape index (κ3) is 2.30. The van der Waals surface area contributed by atoms with Gasteiger partial charge in [-0.15, -0.1) is 11.3 Å². The minimum atomic E-state index is -3.23. The van der Waals surface area contributed by atoms with E-state index in [0.717, 1.165) is 17.1 Å². The summed E-state index contributed by atoms with van der Waals surface area (Å²) in [7, 11) is -3.23. The molecule has 2 atom stereocenters. The quantitative estimate of drug-likeness (QED) is 0.926. The van der Waals surface area contributed by atoms with Crippen molar-refractivity contribution in [2.75, 3.05) is 6.26 Å². The van der Waals surface area contributed by atoms with E-state index in [1.807, 2.05) is 22.2 Å². The number of hydrogen-bond acceptors (Lipinski definition) is 5. The number of sulfone groups is 1. The van der Waals surface area contributed by atoms with Crippen LogP contribution in [0.4, 0.5) is 0 Å². The molecule has 1 N–H and O–H groups in total. The van der Waals surface area contributed by atoms with Crippen LogP contribution in [0.25, 0.3) is 4.96 Å². The van der Waals surface area contributed by atoms with Crippen LogP contribution in [0, 0.1) is 0 Å². The monoisotopic (exact) mass is 300 g/mol. The molecule has 0 spiro atoms. The molecule has 19 heavy (non-hydrogen) atoms. The molecule has 2 heterocycles. The van der Waals surface area contributed by atoms with Crippen LogP contribution in [0.3, 0.4) is 0 Å². The SMILES string of the molecule is CS(=O)(=O)C1CCCC1(O)Cc1cn2ccsc2n1. The van der Waals surface area contributed by atoms with Gasteiger partial charge in [-0.2, -0.15) is 0 Å². The molecule has 1 aliphatic carbocycles. The maximum absolute atomic E-state index is 11.8. The van der Waals surface area contributed by atoms with Gasteiger partial charge in [0.25, 0.3) is 0 Å². The fraction of sp³-hybridized carbons (Fsp3) is 0.583. The number of thiazole rings is 1. The minimum Gasteiger partial charge on any atom is -0.388 e. The van der Waals surface area contributed by atoms with Crippen molar-refractivity contribution in [3.8, 4) is 0 Å². The van der Waals surface area contributed by atoms with Crippen LogP contribution in [0.1, 0.15) is 25.0 Å². The van der Waals surface area contributed by atoms with Crippen molar-refractivity contribution < 1.29 is 13.5 Å². The van der Waals surface area contributed by atoms with Gasteiger partial charge in [0, 0.05) is 30.5 Å². The van der Waals surface area contributed by atoms with Gasteiger partial charge in [-0.1, -0.05) is 0 Å². The van der Waals surface area contributed by atoms with Crippen molar-refractivity contribution in [2.24, 2.45) is 0 Å². The molecule has 0 amide bonds. The highest BCUT2D eigenvalue weighted by molar-refractivity contribution is 7.91. The first-order chi connectivity index (χ1) is 8.88. The van der Waals surface area contributed by atoms with Crippen LogP contribution in [-0.2, 0) is 16.3 Å². The third-order valence-electron chi connectivity index (χ3n) is 3.82. The largest absolute Gasteiger partial charge is 0.388 e. The van der Waals surface area contributed by atoms with Gasteiger partial charge in [-0.25, -0.2) is 13.4 Å². The second-order valence-electron chi connectivity index (χ2n) is 5.32. The summed E-state index contributed by atoms with van der Waals surface area (Å²) >= 11 is 1.52. The molecule has 1 fully saturated rings. The van der Waals surface area contributed by atoms with Gasteiger partial charge < -0.3 is 5.11 Å². The van der Waals surface area contributed by atoms with Crippen molar-refractivity contribution in [1.29, 1.82) is 0 Å². The van der Waals surface area contributed by atoms with Crippen LogP contribution >= 0.6 is 11.3 Å². The number of fused-ring (bicyclic) bond motifs is 1. The summed E-state index contributed by atoms with van der Waals surface area (Å²) in [6, 6.07) is 0. The highest BCUT2D eigenvalue weighted by Gasteiger charge is 2.47. The van der Waals surface area contributed by atoms with Gasteiger partial charge in [0.1, 0.15) is 0 Å². The van der Waals surface area contributed by atoms with E-state index in [9.17, 15) is 13.5 Å². The van der Waals surface area contributed by atoms with Crippen molar-refractivity contribution in [1.82, 2.24) is 9.38 Å². The molecule has 3 rings (SSSR count). The molecule has 0 saturated heterocycles. The molecule has 104 valence electrons. The minimum absolute atomic E-state index is 0.305. The second kappa shape index (κ2) is 4.29. The number of imidazole rings is 1. The Morgan fingerprint density at radius 3 is 3.11 bits per heavy atom. The molecule has 1 saturated carbocycles. The maximum Gasteiger partial charge on any atom is 0.193 e. The van der Waals surface area contributed by atoms with Gasteiger partial charge in [0.05, 0.1) is 16.5 Å². The molecule has 2 unspecified atom stereocenters. The highest BCUT2D eigenvalue weighted by atomic mass is 32.2. The second-order valence-corrected chi connectivity index (χ2v) is 8.42. The van der Waals surface area contributed by atoms with Crippen molar-refractivity contribution in [3.63, 3.8) is 0 Å². The number of rotatable bonds is 3. The van der Waals surface area contributed by atoms with Crippen molar-refractivity contribution in [3.05, 3.63) is 23.5 Å². The molecule has 7 heteroatoms. The van der Waals surface area contributed by atoms with Gasteiger partial charge in [-0.05, 0) is 19.3 Å². The van der Waals surface area contributed by atoms with E-state index in [4.69, 9.17) is 0 Å². The average Bonchev–Trinajstić information content (AvgIpc) is 2.90. The molecule has 5 nitrogen and oxygen atoms in total. The Bertz CT molecular complexity index is 675.